The number of imidazole rings is 1. The third-order valence-electron chi connectivity index (χ3n) is 6.48. The summed E-state index contributed by atoms with van der Waals surface area (Å²) in [5.74, 6) is -0.0139. The molecule has 1 N–H and O–H groups in total. The summed E-state index contributed by atoms with van der Waals surface area (Å²) < 4.78 is 20.3. The summed E-state index contributed by atoms with van der Waals surface area (Å²) in [5, 5.41) is 0. The number of hydrogen-bond donors (Lipinski definition) is 1. The minimum Gasteiger partial charge on any atom is -0.356 e. The second-order valence-corrected chi connectivity index (χ2v) is 8.47. The molecule has 0 spiro atoms. The summed E-state index contributed by atoms with van der Waals surface area (Å²) in [5.41, 5.74) is 2.16. The minimum atomic E-state index is -0.955. The fraction of sp³-hybridized carbons (Fsp3) is 0.375. The molecule has 2 amide bonds. The molecule has 2 aliphatic rings. The molecule has 0 aliphatic carbocycles. The minimum absolute atomic E-state index is 0.0787. The van der Waals surface area contributed by atoms with E-state index in [1.54, 1.807) is 30.1 Å². The van der Waals surface area contributed by atoms with Crippen molar-refractivity contribution >= 4 is 22.8 Å². The van der Waals surface area contributed by atoms with E-state index >= 15 is 0 Å². The van der Waals surface area contributed by atoms with Gasteiger partial charge in [0.25, 0.3) is 5.91 Å². The van der Waals surface area contributed by atoms with Gasteiger partial charge in [0.2, 0.25) is 5.91 Å². The molecule has 3 unspecified atom stereocenters. The molecular weight excluding hydrogens is 411 g/mol. The normalized spacial score (nSPS) is 24.2. The molecular formula is C24H25FN4O3. The standard InChI is InChI=1S/C24H25FN4O3/c1-28-20(30)14-32-22(21(28)16-8-2-3-9-17(16)25)24(31)29-12-6-7-15(13-29)23-26-18-10-4-5-11-19(18)27-23/h2-5,8-11,15,21-22H,6-7,12-14H2,1H3,(H,26,27). The average molecular weight is 436 g/mol. The molecule has 2 fully saturated rings. The number of nitrogens with one attached hydrogen (secondary N) is 1. The lowest BCUT2D eigenvalue weighted by molar-refractivity contribution is -0.168. The number of carbonyl (C=O) groups is 2. The molecule has 3 heterocycles. The number of hydrogen-bond acceptors (Lipinski definition) is 4. The molecule has 32 heavy (non-hydrogen) atoms. The number of carbonyl (C=O) groups excluding carboxylic acids is 2. The number of fused-ring (bicyclic) bond motifs is 1. The zero-order chi connectivity index (χ0) is 22.2. The van der Waals surface area contributed by atoms with E-state index in [1.165, 1.54) is 11.0 Å². The number of ether oxygens (including phenoxy) is 1. The number of rotatable bonds is 3. The van der Waals surface area contributed by atoms with Crippen LogP contribution in [-0.2, 0) is 14.3 Å². The maximum Gasteiger partial charge on any atom is 0.254 e. The molecule has 7 nitrogen and oxygen atoms in total. The summed E-state index contributed by atoms with van der Waals surface area (Å²) in [6.45, 7) is 0.899. The van der Waals surface area contributed by atoms with Gasteiger partial charge < -0.3 is 19.5 Å². The highest BCUT2D eigenvalue weighted by molar-refractivity contribution is 5.86. The fourth-order valence-electron chi connectivity index (χ4n) is 4.75. The first-order valence-electron chi connectivity index (χ1n) is 10.9. The first-order chi connectivity index (χ1) is 15.5. The van der Waals surface area contributed by atoms with Crippen molar-refractivity contribution in [3.8, 4) is 0 Å². The van der Waals surface area contributed by atoms with Gasteiger partial charge in [-0.05, 0) is 31.0 Å². The van der Waals surface area contributed by atoms with Crippen LogP contribution in [0.2, 0.25) is 0 Å². The summed E-state index contributed by atoms with van der Waals surface area (Å²) in [4.78, 5) is 37.1. The number of morpholine rings is 1. The molecule has 3 aromatic rings. The van der Waals surface area contributed by atoms with Crippen LogP contribution in [0, 0.1) is 5.82 Å². The van der Waals surface area contributed by atoms with Crippen LogP contribution in [0.3, 0.4) is 0 Å². The molecule has 166 valence electrons. The number of para-hydroxylation sites is 2. The van der Waals surface area contributed by atoms with Crippen molar-refractivity contribution in [2.24, 2.45) is 0 Å². The third kappa shape index (κ3) is 3.64. The Labute approximate surface area is 185 Å². The highest BCUT2D eigenvalue weighted by atomic mass is 19.1. The summed E-state index contributed by atoms with van der Waals surface area (Å²) in [6, 6.07) is 13.3. The predicted molar refractivity (Wildman–Crippen MR) is 116 cm³/mol. The SMILES string of the molecule is CN1C(=O)COC(C(=O)N2CCCC(c3nc4ccccc4[nH]3)C2)C1c1ccccc1F. The van der Waals surface area contributed by atoms with Gasteiger partial charge >= 0.3 is 0 Å². The smallest absolute Gasteiger partial charge is 0.254 e. The number of piperidine rings is 1. The van der Waals surface area contributed by atoms with Crippen LogP contribution in [0.4, 0.5) is 4.39 Å². The van der Waals surface area contributed by atoms with E-state index in [9.17, 15) is 14.0 Å². The summed E-state index contributed by atoms with van der Waals surface area (Å²) in [6.07, 6.45) is 0.799. The molecule has 2 aliphatic heterocycles. The molecule has 2 aromatic carbocycles. The van der Waals surface area contributed by atoms with E-state index in [4.69, 9.17) is 9.72 Å². The van der Waals surface area contributed by atoms with Gasteiger partial charge in [0.1, 0.15) is 18.2 Å². The maximum atomic E-state index is 14.6. The van der Waals surface area contributed by atoms with Gasteiger partial charge in [-0.15, -0.1) is 0 Å². The lowest BCUT2D eigenvalue weighted by atomic mass is 9.93. The first-order valence-corrected chi connectivity index (χ1v) is 10.9. The maximum absolute atomic E-state index is 14.6. The van der Waals surface area contributed by atoms with Crippen molar-refractivity contribution in [2.75, 3.05) is 26.7 Å². The van der Waals surface area contributed by atoms with Crippen molar-refractivity contribution in [1.29, 1.82) is 0 Å². The van der Waals surface area contributed by atoms with Gasteiger partial charge in [0.15, 0.2) is 6.10 Å². The van der Waals surface area contributed by atoms with E-state index in [1.807, 2.05) is 24.3 Å². The molecule has 5 rings (SSSR count). The number of nitrogens with zero attached hydrogens (tertiary/aromatic N) is 3. The average Bonchev–Trinajstić information content (AvgIpc) is 3.25. The van der Waals surface area contributed by atoms with Gasteiger partial charge in [0, 0.05) is 31.6 Å². The van der Waals surface area contributed by atoms with Crippen molar-refractivity contribution in [1.82, 2.24) is 19.8 Å². The van der Waals surface area contributed by atoms with Gasteiger partial charge in [-0.2, -0.15) is 0 Å². The van der Waals surface area contributed by atoms with Crippen molar-refractivity contribution < 1.29 is 18.7 Å². The van der Waals surface area contributed by atoms with E-state index in [2.05, 4.69) is 4.98 Å². The Morgan fingerprint density at radius 1 is 1.19 bits per heavy atom. The number of aromatic amines is 1. The third-order valence-corrected chi connectivity index (χ3v) is 6.48. The Morgan fingerprint density at radius 3 is 2.78 bits per heavy atom. The fourth-order valence-corrected chi connectivity index (χ4v) is 4.75. The van der Waals surface area contributed by atoms with E-state index in [0.717, 1.165) is 29.7 Å². The van der Waals surface area contributed by atoms with E-state index in [0.29, 0.717) is 13.1 Å². The van der Waals surface area contributed by atoms with Crippen LogP contribution in [0.5, 0.6) is 0 Å². The van der Waals surface area contributed by atoms with Crippen LogP contribution < -0.4 is 0 Å². The monoisotopic (exact) mass is 436 g/mol. The van der Waals surface area contributed by atoms with Crippen LogP contribution in [0.25, 0.3) is 11.0 Å². The quantitative estimate of drug-likeness (QED) is 0.685. The van der Waals surface area contributed by atoms with Crippen LogP contribution in [-0.4, -0.2) is 64.4 Å². The van der Waals surface area contributed by atoms with Crippen molar-refractivity contribution in [2.45, 2.75) is 30.9 Å². The van der Waals surface area contributed by atoms with Crippen LogP contribution >= 0.6 is 0 Å². The highest BCUT2D eigenvalue weighted by Gasteiger charge is 2.43. The largest absolute Gasteiger partial charge is 0.356 e. The van der Waals surface area contributed by atoms with Crippen LogP contribution in [0.1, 0.15) is 36.2 Å². The van der Waals surface area contributed by atoms with Crippen molar-refractivity contribution in [3.05, 3.63) is 65.7 Å². The Morgan fingerprint density at radius 2 is 1.97 bits per heavy atom. The second-order valence-electron chi connectivity index (χ2n) is 8.47. The second kappa shape index (κ2) is 8.35. The summed E-state index contributed by atoms with van der Waals surface area (Å²) in [7, 11) is 1.59. The number of benzene rings is 2. The molecule has 2 saturated heterocycles. The van der Waals surface area contributed by atoms with Crippen LogP contribution in [0.15, 0.2) is 48.5 Å². The lowest BCUT2D eigenvalue weighted by Crippen LogP contribution is -2.55. The van der Waals surface area contributed by atoms with E-state index < -0.39 is 18.0 Å². The Hall–Kier alpha value is -3.26. The number of likely N-dealkylation sites (tertiary alicyclic amines) is 1. The topological polar surface area (TPSA) is 78.5 Å². The Kier molecular flexibility index (Phi) is 5.38. The summed E-state index contributed by atoms with van der Waals surface area (Å²) >= 11 is 0. The number of halogens is 1. The molecule has 1 aromatic heterocycles. The van der Waals surface area contributed by atoms with Crippen molar-refractivity contribution in [3.63, 3.8) is 0 Å². The molecule has 8 heteroatoms. The van der Waals surface area contributed by atoms with E-state index in [-0.39, 0.29) is 29.9 Å². The van der Waals surface area contributed by atoms with Gasteiger partial charge in [0.05, 0.1) is 17.1 Å². The van der Waals surface area contributed by atoms with Gasteiger partial charge in [-0.1, -0.05) is 30.3 Å². The molecule has 0 radical (unpaired) electrons. The molecule has 0 bridgehead atoms. The number of likely N-dealkylation sites (N-methyl/N-ethyl adjacent to an activating group) is 1. The van der Waals surface area contributed by atoms with Gasteiger partial charge in [-0.25, -0.2) is 9.37 Å². The highest BCUT2D eigenvalue weighted by Crippen LogP contribution is 2.34. The zero-order valence-electron chi connectivity index (χ0n) is 17.8. The number of aromatic nitrogens is 2. The number of amides is 2. The predicted octanol–water partition coefficient (Wildman–Crippen LogP) is 3.01. The zero-order valence-corrected chi connectivity index (χ0v) is 17.8. The number of H-pyrrole nitrogens is 1. The molecule has 0 saturated carbocycles. The van der Waals surface area contributed by atoms with Gasteiger partial charge in [-0.3, -0.25) is 9.59 Å². The first kappa shape index (κ1) is 20.6. The molecule has 3 atom stereocenters. The Bertz CT molecular complexity index is 1130. The Balaban J connectivity index is 1.40. The lowest BCUT2D eigenvalue weighted by Gasteiger charge is -2.41.